The van der Waals surface area contributed by atoms with E-state index in [2.05, 4.69) is 6.58 Å². The summed E-state index contributed by atoms with van der Waals surface area (Å²) in [6.07, 6.45) is 3.31. The highest BCUT2D eigenvalue weighted by atomic mass is 16.7. The monoisotopic (exact) mass is 302 g/mol. The smallest absolute Gasteiger partial charge is 0.330 e. The van der Waals surface area contributed by atoms with Gasteiger partial charge in [-0.05, 0) is 19.9 Å². The normalized spacial score (nSPS) is 15.6. The molecule has 6 heteroatoms. The Kier molecular flexibility index (Phi) is 11.8. The van der Waals surface area contributed by atoms with Crippen molar-refractivity contribution in [2.75, 3.05) is 27.1 Å². The van der Waals surface area contributed by atoms with Crippen molar-refractivity contribution in [1.82, 2.24) is 0 Å². The lowest BCUT2D eigenvalue weighted by Gasteiger charge is -2.17. The Hall–Kier alpha value is -1.21. The Balaban J connectivity index is 4.13. The SMILES string of the molecule is C=CC[C@H](C)OC(=O)/C=C/[C@@H](OCOCCOC)[C@H](C)O. The van der Waals surface area contributed by atoms with E-state index in [4.69, 9.17) is 18.9 Å². The van der Waals surface area contributed by atoms with E-state index < -0.39 is 18.2 Å². The second-order valence-electron chi connectivity index (χ2n) is 4.52. The first-order chi connectivity index (χ1) is 10.0. The molecule has 0 saturated carbocycles. The highest BCUT2D eigenvalue weighted by Gasteiger charge is 2.13. The van der Waals surface area contributed by atoms with E-state index in [0.29, 0.717) is 19.6 Å². The molecule has 0 radical (unpaired) electrons. The molecule has 0 saturated heterocycles. The molecular formula is C15H26O6. The molecule has 0 rings (SSSR count). The first-order valence-electron chi connectivity index (χ1n) is 6.87. The Morgan fingerprint density at radius 2 is 2.05 bits per heavy atom. The van der Waals surface area contributed by atoms with E-state index in [0.717, 1.165) is 0 Å². The van der Waals surface area contributed by atoms with Gasteiger partial charge in [0.15, 0.2) is 0 Å². The fourth-order valence-electron chi connectivity index (χ4n) is 1.38. The lowest BCUT2D eigenvalue weighted by Crippen LogP contribution is -2.26. The van der Waals surface area contributed by atoms with Crippen molar-refractivity contribution in [3.05, 3.63) is 24.8 Å². The number of carbonyl (C=O) groups excluding carboxylic acids is 1. The Bertz CT molecular complexity index is 313. The van der Waals surface area contributed by atoms with E-state index in [1.165, 1.54) is 12.2 Å². The van der Waals surface area contributed by atoms with Gasteiger partial charge in [0.05, 0.1) is 19.3 Å². The van der Waals surface area contributed by atoms with Crippen molar-refractivity contribution in [2.24, 2.45) is 0 Å². The van der Waals surface area contributed by atoms with Crippen LogP contribution in [-0.2, 0) is 23.7 Å². The summed E-state index contributed by atoms with van der Waals surface area (Å²) < 4.78 is 20.4. The van der Waals surface area contributed by atoms with Crippen molar-refractivity contribution in [2.45, 2.75) is 38.6 Å². The number of hydrogen-bond acceptors (Lipinski definition) is 6. The zero-order chi connectivity index (χ0) is 16.1. The minimum absolute atomic E-state index is 0.00514. The topological polar surface area (TPSA) is 74.2 Å². The minimum atomic E-state index is -0.773. The molecule has 0 heterocycles. The molecule has 0 aliphatic carbocycles. The molecular weight excluding hydrogens is 276 g/mol. The second kappa shape index (κ2) is 12.5. The summed E-state index contributed by atoms with van der Waals surface area (Å²) in [5.74, 6) is -0.487. The lowest BCUT2D eigenvalue weighted by molar-refractivity contribution is -0.142. The first kappa shape index (κ1) is 19.8. The predicted octanol–water partition coefficient (Wildman–Crippen LogP) is 1.44. The third-order valence-electron chi connectivity index (χ3n) is 2.49. The van der Waals surface area contributed by atoms with Crippen LogP contribution in [0, 0.1) is 0 Å². The average molecular weight is 302 g/mol. The van der Waals surface area contributed by atoms with Crippen LogP contribution in [0.2, 0.25) is 0 Å². The molecule has 3 atom stereocenters. The molecule has 0 aliphatic heterocycles. The summed E-state index contributed by atoms with van der Waals surface area (Å²) in [5, 5.41) is 9.57. The third kappa shape index (κ3) is 11.2. The summed E-state index contributed by atoms with van der Waals surface area (Å²) in [6.45, 7) is 7.78. The highest BCUT2D eigenvalue weighted by molar-refractivity contribution is 5.82. The lowest BCUT2D eigenvalue weighted by atomic mass is 10.2. The first-order valence-corrected chi connectivity index (χ1v) is 6.87. The van der Waals surface area contributed by atoms with Gasteiger partial charge in [-0.3, -0.25) is 0 Å². The molecule has 0 bridgehead atoms. The maximum atomic E-state index is 11.5. The van der Waals surface area contributed by atoms with Gasteiger partial charge in [-0.25, -0.2) is 4.79 Å². The quantitative estimate of drug-likeness (QED) is 0.193. The van der Waals surface area contributed by atoms with E-state index in [-0.39, 0.29) is 12.9 Å². The van der Waals surface area contributed by atoms with Crippen LogP contribution in [0.1, 0.15) is 20.3 Å². The van der Waals surface area contributed by atoms with Crippen LogP contribution in [-0.4, -0.2) is 56.5 Å². The van der Waals surface area contributed by atoms with Gasteiger partial charge in [-0.2, -0.15) is 0 Å². The fraction of sp³-hybridized carbons (Fsp3) is 0.667. The maximum absolute atomic E-state index is 11.5. The number of rotatable bonds is 12. The number of aliphatic hydroxyl groups is 1. The molecule has 0 amide bonds. The van der Waals surface area contributed by atoms with Crippen LogP contribution in [0.15, 0.2) is 24.8 Å². The standard InChI is InChI=1S/C15H26O6/c1-5-6-12(2)21-15(17)8-7-14(13(3)16)20-11-19-10-9-18-4/h5,7-8,12-14,16H,1,6,9-11H2,2-4H3/b8-7+/t12-,13-,14+/m0/s1. The molecule has 1 N–H and O–H groups in total. The molecule has 6 nitrogen and oxygen atoms in total. The van der Waals surface area contributed by atoms with Crippen LogP contribution in [0.3, 0.4) is 0 Å². The summed E-state index contributed by atoms with van der Waals surface area (Å²) >= 11 is 0. The van der Waals surface area contributed by atoms with Crippen molar-refractivity contribution in [3.8, 4) is 0 Å². The van der Waals surface area contributed by atoms with Crippen molar-refractivity contribution in [1.29, 1.82) is 0 Å². The number of ether oxygens (including phenoxy) is 4. The molecule has 0 fully saturated rings. The molecule has 21 heavy (non-hydrogen) atoms. The zero-order valence-corrected chi connectivity index (χ0v) is 13.0. The number of methoxy groups -OCH3 is 1. The van der Waals surface area contributed by atoms with Crippen LogP contribution < -0.4 is 0 Å². The average Bonchev–Trinajstić information content (AvgIpc) is 2.41. The number of esters is 1. The number of hydrogen-bond donors (Lipinski definition) is 1. The van der Waals surface area contributed by atoms with Crippen molar-refractivity contribution >= 4 is 5.97 Å². The van der Waals surface area contributed by atoms with Gasteiger partial charge >= 0.3 is 5.97 Å². The number of aliphatic hydroxyl groups excluding tert-OH is 1. The van der Waals surface area contributed by atoms with Gasteiger partial charge in [-0.1, -0.05) is 6.08 Å². The Labute approximate surface area is 126 Å². The minimum Gasteiger partial charge on any atom is -0.459 e. The summed E-state index contributed by atoms with van der Waals surface area (Å²) in [7, 11) is 1.57. The predicted molar refractivity (Wildman–Crippen MR) is 78.8 cm³/mol. The van der Waals surface area contributed by atoms with E-state index in [1.807, 2.05) is 0 Å². The van der Waals surface area contributed by atoms with Crippen molar-refractivity contribution in [3.63, 3.8) is 0 Å². The molecule has 0 aromatic heterocycles. The third-order valence-corrected chi connectivity index (χ3v) is 2.49. The molecule has 0 aliphatic rings. The summed E-state index contributed by atoms with van der Waals surface area (Å²) in [6, 6.07) is 0. The van der Waals surface area contributed by atoms with Gasteiger partial charge in [0.25, 0.3) is 0 Å². The van der Waals surface area contributed by atoms with Crippen LogP contribution in [0.4, 0.5) is 0 Å². The molecule has 122 valence electrons. The van der Waals surface area contributed by atoms with Gasteiger partial charge in [0.1, 0.15) is 19.0 Å². The van der Waals surface area contributed by atoms with Crippen molar-refractivity contribution < 1.29 is 28.8 Å². The second-order valence-corrected chi connectivity index (χ2v) is 4.52. The largest absolute Gasteiger partial charge is 0.459 e. The fourth-order valence-corrected chi connectivity index (χ4v) is 1.38. The Morgan fingerprint density at radius 3 is 2.62 bits per heavy atom. The van der Waals surface area contributed by atoms with E-state index >= 15 is 0 Å². The molecule has 0 spiro atoms. The van der Waals surface area contributed by atoms with Crippen LogP contribution in [0.25, 0.3) is 0 Å². The van der Waals surface area contributed by atoms with E-state index in [9.17, 15) is 9.90 Å². The van der Waals surface area contributed by atoms with Gasteiger partial charge < -0.3 is 24.1 Å². The zero-order valence-electron chi connectivity index (χ0n) is 13.0. The van der Waals surface area contributed by atoms with Crippen LogP contribution >= 0.6 is 0 Å². The van der Waals surface area contributed by atoms with Crippen LogP contribution in [0.5, 0.6) is 0 Å². The molecule has 0 aromatic rings. The maximum Gasteiger partial charge on any atom is 0.330 e. The molecule has 0 unspecified atom stereocenters. The summed E-state index contributed by atoms with van der Waals surface area (Å²) in [5.41, 5.74) is 0. The van der Waals surface area contributed by atoms with Gasteiger partial charge in [0, 0.05) is 19.6 Å². The van der Waals surface area contributed by atoms with Gasteiger partial charge in [-0.15, -0.1) is 6.58 Å². The van der Waals surface area contributed by atoms with E-state index in [1.54, 1.807) is 27.0 Å². The Morgan fingerprint density at radius 1 is 1.33 bits per heavy atom. The molecule has 0 aromatic carbocycles. The number of carbonyl (C=O) groups is 1. The summed E-state index contributed by atoms with van der Waals surface area (Å²) in [4.78, 5) is 11.5. The highest BCUT2D eigenvalue weighted by Crippen LogP contribution is 2.04. The van der Waals surface area contributed by atoms with Gasteiger partial charge in [0.2, 0.25) is 0 Å².